The van der Waals surface area contributed by atoms with Gasteiger partial charge in [-0.25, -0.2) is 9.59 Å². The summed E-state index contributed by atoms with van der Waals surface area (Å²) in [4.78, 5) is 22.6. The van der Waals surface area contributed by atoms with Crippen molar-refractivity contribution in [1.29, 1.82) is 0 Å². The zero-order valence-corrected chi connectivity index (χ0v) is 28.5. The van der Waals surface area contributed by atoms with E-state index in [0.29, 0.717) is 0 Å². The Morgan fingerprint density at radius 1 is 0.604 bits per heavy atom. The molecular weight excluding hydrogens is 728 g/mol. The summed E-state index contributed by atoms with van der Waals surface area (Å²) in [6.07, 6.45) is -27.4. The van der Waals surface area contributed by atoms with Crippen LogP contribution < -0.4 is 0 Å². The highest BCUT2D eigenvalue weighted by Crippen LogP contribution is 2.36. The van der Waals surface area contributed by atoms with Gasteiger partial charge in [-0.1, -0.05) is 6.92 Å². The van der Waals surface area contributed by atoms with Crippen LogP contribution in [0.15, 0.2) is 11.5 Å². The van der Waals surface area contributed by atoms with E-state index in [1.54, 1.807) is 0 Å². The number of hydrogen-bond acceptors (Lipinski definition) is 21. The molecule has 4 heterocycles. The van der Waals surface area contributed by atoms with Gasteiger partial charge in [0.15, 0.2) is 30.2 Å². The van der Waals surface area contributed by atoms with E-state index in [0.717, 1.165) is 0 Å². The Kier molecular flexibility index (Phi) is 15.5. The van der Waals surface area contributed by atoms with Crippen LogP contribution in [0.4, 0.5) is 0 Å². The summed E-state index contributed by atoms with van der Waals surface area (Å²) in [5, 5.41) is 124. The van der Waals surface area contributed by atoms with Gasteiger partial charge in [0.25, 0.3) is 0 Å². The maximum Gasteiger partial charge on any atom is 0.329 e. The number of carboxylic acid groups (broad SMARTS) is 2. The maximum absolute atomic E-state index is 11.4. The first kappa shape index (κ1) is 43.3. The fourth-order valence-electron chi connectivity index (χ4n) is 6.32. The van der Waals surface area contributed by atoms with Crippen molar-refractivity contribution >= 4 is 11.9 Å². The molecule has 0 aromatic carbocycles. The largest absolute Gasteiger partial charge is 0.506 e. The van der Waals surface area contributed by atoms with Crippen molar-refractivity contribution in [3.8, 4) is 0 Å². The van der Waals surface area contributed by atoms with Gasteiger partial charge in [0.05, 0.1) is 44.7 Å². The summed E-state index contributed by atoms with van der Waals surface area (Å²) in [5.41, 5.74) is 0. The quantitative estimate of drug-likeness (QED) is 0.0694. The third kappa shape index (κ3) is 9.71. The second-order valence-electron chi connectivity index (χ2n) is 12.9. The molecule has 53 heavy (non-hydrogen) atoms. The molecule has 0 amide bonds. The molecule has 4 rings (SSSR count). The number of aliphatic carboxylic acids is 2. The van der Waals surface area contributed by atoms with Gasteiger partial charge >= 0.3 is 11.9 Å². The molecule has 4 aliphatic heterocycles. The van der Waals surface area contributed by atoms with Crippen molar-refractivity contribution in [2.24, 2.45) is 5.92 Å². The number of aliphatic hydroxyl groups excluding tert-OH is 10. The van der Waals surface area contributed by atoms with Gasteiger partial charge < -0.3 is 104 Å². The van der Waals surface area contributed by atoms with Crippen LogP contribution in [0.25, 0.3) is 0 Å². The zero-order valence-electron chi connectivity index (χ0n) is 28.5. The Bertz CT molecular complexity index is 1230. The van der Waals surface area contributed by atoms with Crippen LogP contribution >= 0.6 is 0 Å². The Labute approximate surface area is 300 Å². The van der Waals surface area contributed by atoms with Crippen molar-refractivity contribution in [3.63, 3.8) is 0 Å². The molecule has 4 aliphatic rings. The molecule has 18 atom stereocenters. The van der Waals surface area contributed by atoms with Crippen LogP contribution in [-0.4, -0.2) is 217 Å². The average molecular weight is 777 g/mol. The van der Waals surface area contributed by atoms with Gasteiger partial charge in [-0.2, -0.15) is 0 Å². The van der Waals surface area contributed by atoms with Crippen molar-refractivity contribution in [2.75, 3.05) is 39.6 Å². The summed E-state index contributed by atoms with van der Waals surface area (Å²) >= 11 is 0. The smallest absolute Gasteiger partial charge is 0.329 e. The first-order chi connectivity index (χ1) is 25.1. The van der Waals surface area contributed by atoms with Crippen LogP contribution in [0.5, 0.6) is 0 Å². The normalized spacial score (nSPS) is 43.8. The minimum Gasteiger partial charge on any atom is -0.506 e. The van der Waals surface area contributed by atoms with E-state index < -0.39 is 173 Å². The zero-order chi connectivity index (χ0) is 39.3. The molecule has 3 saturated heterocycles. The lowest BCUT2D eigenvalue weighted by atomic mass is 9.90. The predicted octanol–water partition coefficient (Wildman–Crippen LogP) is -6.15. The highest BCUT2D eigenvalue weighted by molar-refractivity contribution is 5.68. The van der Waals surface area contributed by atoms with Crippen LogP contribution in [0, 0.1) is 5.92 Å². The number of hydrogen-bond donors (Lipinski definition) is 12. The number of carbonyl (C=O) groups is 2. The van der Waals surface area contributed by atoms with Gasteiger partial charge in [-0.05, 0) is 6.92 Å². The van der Waals surface area contributed by atoms with E-state index in [1.807, 2.05) is 0 Å². The van der Waals surface area contributed by atoms with Gasteiger partial charge in [-0.15, -0.1) is 0 Å². The topological polar surface area (TPSA) is 360 Å². The Morgan fingerprint density at radius 2 is 1.13 bits per heavy atom. The van der Waals surface area contributed by atoms with Gasteiger partial charge in [0, 0.05) is 5.92 Å². The third-order valence-electron chi connectivity index (χ3n) is 9.28. The van der Waals surface area contributed by atoms with Gasteiger partial charge in [0.2, 0.25) is 6.29 Å². The summed E-state index contributed by atoms with van der Waals surface area (Å²) in [7, 11) is 0. The minimum atomic E-state index is -2.10. The molecule has 23 heteroatoms. The molecule has 0 bridgehead atoms. The Hall–Kier alpha value is -2.40. The van der Waals surface area contributed by atoms with Crippen LogP contribution in [-0.2, 0) is 52.2 Å². The molecule has 12 N–H and O–H groups in total. The average Bonchev–Trinajstić information content (AvgIpc) is 3.12. The predicted molar refractivity (Wildman–Crippen MR) is 163 cm³/mol. The minimum absolute atomic E-state index is 0.608. The summed E-state index contributed by atoms with van der Waals surface area (Å²) in [6.45, 7) is -2.30. The SMILES string of the molecule is CC1OC(CO)[C@@H](O[C@@H]2OC(CO)C(O[C@@H]3OC(CO)[C@@H](O[C@@H]4OC(CO)C(C)C(O)C4OCC(=O)O)C(O)C3O)=C(O)C2OCC(=O)O)C(O)C1O. The van der Waals surface area contributed by atoms with E-state index in [9.17, 15) is 65.8 Å². The standard InChI is InChI=1S/C30H48O23/c1-9-11(3-31)48-29(26(17(9)39)45-7-15(35)36)53-24-13(5-33)49-28(21(43)20(24)42)51-25-14(6-34)50-30(27(22(25)44)46-8-16(37)38)52-23-12(4-32)47-10(2)18(40)19(23)41/h9-14,17-21,23-24,26-34,39-44H,3-8H2,1-2H3,(H,35,36)(H,37,38)/t9?,10?,11?,12?,13?,14?,17?,18?,19?,20?,21?,23-,24-,26?,27?,28+,29+,30+/m1/s1. The molecule has 13 unspecified atom stereocenters. The van der Waals surface area contributed by atoms with Gasteiger partial charge in [-0.3, -0.25) is 0 Å². The lowest BCUT2D eigenvalue weighted by molar-refractivity contribution is -0.358. The number of ether oxygens (including phenoxy) is 9. The third-order valence-corrected chi connectivity index (χ3v) is 9.28. The molecule has 0 aromatic rings. The van der Waals surface area contributed by atoms with Crippen LogP contribution in [0.2, 0.25) is 0 Å². The second kappa shape index (κ2) is 19.0. The first-order valence-electron chi connectivity index (χ1n) is 16.6. The Morgan fingerprint density at radius 3 is 1.70 bits per heavy atom. The lowest BCUT2D eigenvalue weighted by Crippen LogP contribution is -2.64. The van der Waals surface area contributed by atoms with Crippen LogP contribution in [0.3, 0.4) is 0 Å². The van der Waals surface area contributed by atoms with Crippen molar-refractivity contribution < 1.29 is 113 Å². The Balaban J connectivity index is 1.57. The van der Waals surface area contributed by atoms with Crippen molar-refractivity contribution in [2.45, 2.75) is 118 Å². The highest BCUT2D eigenvalue weighted by atomic mass is 16.8. The fraction of sp³-hybridized carbons (Fsp3) is 0.867. The molecule has 306 valence electrons. The van der Waals surface area contributed by atoms with E-state index in [-0.39, 0.29) is 0 Å². The van der Waals surface area contributed by atoms with E-state index in [2.05, 4.69) is 0 Å². The molecule has 0 saturated carbocycles. The highest BCUT2D eigenvalue weighted by Gasteiger charge is 2.53. The summed E-state index contributed by atoms with van der Waals surface area (Å²) in [6, 6.07) is 0. The van der Waals surface area contributed by atoms with E-state index >= 15 is 0 Å². The monoisotopic (exact) mass is 776 g/mol. The summed E-state index contributed by atoms with van der Waals surface area (Å²) < 4.78 is 50.1. The number of rotatable bonds is 16. The lowest BCUT2D eigenvalue weighted by Gasteiger charge is -2.47. The molecule has 0 aromatic heterocycles. The number of aliphatic hydroxyl groups is 10. The second-order valence-corrected chi connectivity index (χ2v) is 12.9. The summed E-state index contributed by atoms with van der Waals surface area (Å²) in [5.74, 6) is -5.39. The van der Waals surface area contributed by atoms with E-state index in [1.165, 1.54) is 13.8 Å². The van der Waals surface area contributed by atoms with E-state index in [4.69, 9.17) is 47.7 Å². The molecular formula is C30H48O23. The molecule has 3 fully saturated rings. The van der Waals surface area contributed by atoms with Gasteiger partial charge in [0.1, 0.15) is 74.3 Å². The van der Waals surface area contributed by atoms with Crippen LogP contribution in [0.1, 0.15) is 13.8 Å². The number of carboxylic acids is 2. The molecule has 0 radical (unpaired) electrons. The molecule has 0 spiro atoms. The maximum atomic E-state index is 11.4. The molecule has 23 nitrogen and oxygen atoms in total. The van der Waals surface area contributed by atoms with Crippen molar-refractivity contribution in [3.05, 3.63) is 11.5 Å². The van der Waals surface area contributed by atoms with Crippen molar-refractivity contribution in [1.82, 2.24) is 0 Å². The fourth-order valence-corrected chi connectivity index (χ4v) is 6.32. The first-order valence-corrected chi connectivity index (χ1v) is 16.6. The molecule has 0 aliphatic carbocycles.